The Balaban J connectivity index is 1.95. The van der Waals surface area contributed by atoms with Crippen LogP contribution in [-0.4, -0.2) is 28.3 Å². The molecule has 0 atom stereocenters. The van der Waals surface area contributed by atoms with Crippen LogP contribution in [0.4, 0.5) is 0 Å². The van der Waals surface area contributed by atoms with E-state index in [0.717, 1.165) is 22.5 Å². The number of aromatic nitrogens is 2. The molecule has 1 heterocycles. The summed E-state index contributed by atoms with van der Waals surface area (Å²) in [5.74, 6) is -0.0239. The van der Waals surface area contributed by atoms with E-state index in [-0.39, 0.29) is 11.7 Å². The minimum absolute atomic E-state index is 0.224. The van der Waals surface area contributed by atoms with Crippen molar-refractivity contribution < 1.29 is 9.53 Å². The SMILES string of the molecule is CCOC(=O)CSc1cnc(-c2ccccc2)c(-c2ccccc2)n1. The number of benzene rings is 2. The Kier molecular flexibility index (Phi) is 5.80. The van der Waals surface area contributed by atoms with E-state index in [1.807, 2.05) is 60.7 Å². The summed E-state index contributed by atoms with van der Waals surface area (Å²) in [6.07, 6.45) is 1.71. The smallest absolute Gasteiger partial charge is 0.316 e. The minimum atomic E-state index is -0.248. The lowest BCUT2D eigenvalue weighted by molar-refractivity contribution is -0.139. The molecule has 0 N–H and O–H groups in total. The topological polar surface area (TPSA) is 52.1 Å². The highest BCUT2D eigenvalue weighted by atomic mass is 32.2. The van der Waals surface area contributed by atoms with Crippen molar-refractivity contribution in [2.75, 3.05) is 12.4 Å². The summed E-state index contributed by atoms with van der Waals surface area (Å²) in [4.78, 5) is 20.9. The largest absolute Gasteiger partial charge is 0.465 e. The molecule has 0 fully saturated rings. The van der Waals surface area contributed by atoms with Crippen LogP contribution in [0.25, 0.3) is 22.5 Å². The molecule has 3 aromatic rings. The van der Waals surface area contributed by atoms with E-state index in [1.54, 1.807) is 13.1 Å². The van der Waals surface area contributed by atoms with Gasteiger partial charge in [0.2, 0.25) is 0 Å². The first-order chi connectivity index (χ1) is 12.3. The van der Waals surface area contributed by atoms with Gasteiger partial charge in [-0.2, -0.15) is 0 Å². The monoisotopic (exact) mass is 350 g/mol. The molecule has 0 aliphatic heterocycles. The van der Waals surface area contributed by atoms with Gasteiger partial charge in [-0.1, -0.05) is 72.4 Å². The number of esters is 1. The average Bonchev–Trinajstić information content (AvgIpc) is 2.68. The van der Waals surface area contributed by atoms with E-state index in [4.69, 9.17) is 9.72 Å². The molecular formula is C20H18N2O2S. The molecule has 0 bridgehead atoms. The fourth-order valence-corrected chi connectivity index (χ4v) is 3.01. The van der Waals surface area contributed by atoms with Crippen LogP contribution in [-0.2, 0) is 9.53 Å². The Bertz CT molecular complexity index is 839. The van der Waals surface area contributed by atoms with E-state index in [9.17, 15) is 4.79 Å². The molecule has 4 nitrogen and oxygen atoms in total. The number of nitrogens with zero attached hydrogens (tertiary/aromatic N) is 2. The lowest BCUT2D eigenvalue weighted by Gasteiger charge is -2.10. The summed E-state index contributed by atoms with van der Waals surface area (Å²) in [6, 6.07) is 19.9. The van der Waals surface area contributed by atoms with Crippen molar-refractivity contribution in [1.82, 2.24) is 9.97 Å². The minimum Gasteiger partial charge on any atom is -0.465 e. The molecular weight excluding hydrogens is 332 g/mol. The summed E-state index contributed by atoms with van der Waals surface area (Å²) in [6.45, 7) is 2.18. The zero-order valence-corrected chi connectivity index (χ0v) is 14.7. The van der Waals surface area contributed by atoms with Gasteiger partial charge in [-0.15, -0.1) is 0 Å². The fraction of sp³-hybridized carbons (Fsp3) is 0.150. The number of rotatable bonds is 6. The van der Waals surface area contributed by atoms with E-state index in [1.165, 1.54) is 11.8 Å². The van der Waals surface area contributed by atoms with Crippen LogP contribution in [0.5, 0.6) is 0 Å². The summed E-state index contributed by atoms with van der Waals surface area (Å²) in [7, 11) is 0. The molecule has 0 aliphatic rings. The lowest BCUT2D eigenvalue weighted by Crippen LogP contribution is -2.07. The van der Waals surface area contributed by atoms with E-state index >= 15 is 0 Å². The maximum Gasteiger partial charge on any atom is 0.316 e. The standard InChI is InChI=1S/C20H18N2O2S/c1-2-24-18(23)14-25-17-13-21-19(15-9-5-3-6-10-15)20(22-17)16-11-7-4-8-12-16/h3-13H,2,14H2,1H3. The van der Waals surface area contributed by atoms with Gasteiger partial charge in [-0.25, -0.2) is 4.98 Å². The first-order valence-corrected chi connectivity index (χ1v) is 9.03. The van der Waals surface area contributed by atoms with Crippen LogP contribution >= 0.6 is 11.8 Å². The average molecular weight is 350 g/mol. The van der Waals surface area contributed by atoms with Gasteiger partial charge < -0.3 is 4.74 Å². The van der Waals surface area contributed by atoms with Gasteiger partial charge >= 0.3 is 5.97 Å². The first-order valence-electron chi connectivity index (χ1n) is 8.04. The van der Waals surface area contributed by atoms with Crippen molar-refractivity contribution in [1.29, 1.82) is 0 Å². The van der Waals surface area contributed by atoms with Crippen LogP contribution in [0.15, 0.2) is 71.9 Å². The van der Waals surface area contributed by atoms with Gasteiger partial charge in [0.1, 0.15) is 5.03 Å². The quantitative estimate of drug-likeness (QED) is 0.485. The Morgan fingerprint density at radius 2 is 1.56 bits per heavy atom. The van der Waals surface area contributed by atoms with Crippen molar-refractivity contribution in [2.24, 2.45) is 0 Å². The maximum atomic E-state index is 11.6. The third kappa shape index (κ3) is 4.45. The van der Waals surface area contributed by atoms with Crippen molar-refractivity contribution >= 4 is 17.7 Å². The molecule has 126 valence electrons. The molecule has 0 saturated heterocycles. The number of hydrogen-bond donors (Lipinski definition) is 0. The van der Waals surface area contributed by atoms with Gasteiger partial charge in [0.05, 0.1) is 29.9 Å². The highest BCUT2D eigenvalue weighted by Gasteiger charge is 2.13. The number of carbonyl (C=O) groups excluding carboxylic acids is 1. The van der Waals surface area contributed by atoms with Gasteiger partial charge in [-0.3, -0.25) is 9.78 Å². The highest BCUT2D eigenvalue weighted by molar-refractivity contribution is 7.99. The van der Waals surface area contributed by atoms with Crippen molar-refractivity contribution in [3.63, 3.8) is 0 Å². The zero-order valence-electron chi connectivity index (χ0n) is 13.9. The van der Waals surface area contributed by atoms with Crippen LogP contribution in [0, 0.1) is 0 Å². The second kappa shape index (κ2) is 8.44. The number of ether oxygens (including phenoxy) is 1. The number of hydrogen-bond acceptors (Lipinski definition) is 5. The second-order valence-corrected chi connectivity index (χ2v) is 6.23. The van der Waals surface area contributed by atoms with Crippen LogP contribution in [0.1, 0.15) is 6.92 Å². The Morgan fingerprint density at radius 1 is 0.960 bits per heavy atom. The molecule has 0 saturated carbocycles. The van der Waals surface area contributed by atoms with Gasteiger partial charge in [0.15, 0.2) is 0 Å². The maximum absolute atomic E-state index is 11.6. The zero-order chi connectivity index (χ0) is 17.5. The summed E-state index contributed by atoms with van der Waals surface area (Å²) >= 11 is 1.33. The third-order valence-electron chi connectivity index (χ3n) is 3.49. The predicted molar refractivity (Wildman–Crippen MR) is 100 cm³/mol. The molecule has 0 amide bonds. The molecule has 1 aromatic heterocycles. The molecule has 2 aromatic carbocycles. The van der Waals surface area contributed by atoms with Crippen LogP contribution in [0.3, 0.4) is 0 Å². The van der Waals surface area contributed by atoms with Gasteiger partial charge in [0.25, 0.3) is 0 Å². The number of carbonyl (C=O) groups is 1. The summed E-state index contributed by atoms with van der Waals surface area (Å²) in [5.41, 5.74) is 3.64. The Labute approximate surface area is 151 Å². The molecule has 0 radical (unpaired) electrons. The van der Waals surface area contributed by atoms with E-state index in [2.05, 4.69) is 4.98 Å². The van der Waals surface area contributed by atoms with Crippen LogP contribution in [0.2, 0.25) is 0 Å². The van der Waals surface area contributed by atoms with Crippen molar-refractivity contribution in [3.05, 3.63) is 66.9 Å². The summed E-state index contributed by atoms with van der Waals surface area (Å²) < 4.78 is 4.96. The lowest BCUT2D eigenvalue weighted by atomic mass is 10.0. The van der Waals surface area contributed by atoms with Gasteiger partial charge in [-0.05, 0) is 6.92 Å². The fourth-order valence-electron chi connectivity index (χ4n) is 2.38. The first kappa shape index (κ1) is 17.2. The second-order valence-electron chi connectivity index (χ2n) is 5.23. The van der Waals surface area contributed by atoms with Crippen molar-refractivity contribution in [3.8, 4) is 22.5 Å². The highest BCUT2D eigenvalue weighted by Crippen LogP contribution is 2.30. The van der Waals surface area contributed by atoms with Gasteiger partial charge in [0, 0.05) is 11.1 Å². The predicted octanol–water partition coefficient (Wildman–Crippen LogP) is 4.47. The van der Waals surface area contributed by atoms with E-state index in [0.29, 0.717) is 11.6 Å². The third-order valence-corrected chi connectivity index (χ3v) is 4.36. The normalized spacial score (nSPS) is 10.4. The molecule has 25 heavy (non-hydrogen) atoms. The molecule has 0 spiro atoms. The Morgan fingerprint density at radius 3 is 2.16 bits per heavy atom. The molecule has 3 rings (SSSR count). The molecule has 0 aliphatic carbocycles. The summed E-state index contributed by atoms with van der Waals surface area (Å²) in [5, 5.41) is 0.701. The molecule has 0 unspecified atom stereocenters. The van der Waals surface area contributed by atoms with Crippen LogP contribution < -0.4 is 0 Å². The number of thioether (sulfide) groups is 1. The van der Waals surface area contributed by atoms with E-state index < -0.39 is 0 Å². The Hall–Kier alpha value is -2.66. The molecule has 5 heteroatoms. The van der Waals surface area contributed by atoms with Crippen molar-refractivity contribution in [2.45, 2.75) is 11.9 Å².